The summed E-state index contributed by atoms with van der Waals surface area (Å²) in [6.07, 6.45) is 5.34. The Morgan fingerprint density at radius 1 is 1.23 bits per heavy atom. The van der Waals surface area contributed by atoms with E-state index in [4.69, 9.17) is 5.26 Å². The van der Waals surface area contributed by atoms with Crippen LogP contribution >= 0.6 is 15.9 Å². The standard InChI is InChI=1S/C16H12BrN5/c17-14-9-12(10-18)4-5-15(14)20-11-13-3-1-6-19-16(13)22-8-2-7-21-22/h1-9,20H,11H2. The predicted octanol–water partition coefficient (Wildman–Crippen LogP) is 3.51. The first kappa shape index (κ1) is 14.3. The second-order valence-electron chi connectivity index (χ2n) is 4.60. The summed E-state index contributed by atoms with van der Waals surface area (Å²) in [5.74, 6) is 0.796. The van der Waals surface area contributed by atoms with Gasteiger partial charge in [-0.1, -0.05) is 6.07 Å². The summed E-state index contributed by atoms with van der Waals surface area (Å²) in [6.45, 7) is 0.605. The normalized spacial score (nSPS) is 10.2. The molecule has 0 fully saturated rings. The lowest BCUT2D eigenvalue weighted by Gasteiger charge is -2.12. The van der Waals surface area contributed by atoms with Crippen LogP contribution < -0.4 is 5.32 Å². The molecule has 0 unspecified atom stereocenters. The smallest absolute Gasteiger partial charge is 0.158 e. The van der Waals surface area contributed by atoms with Crippen molar-refractivity contribution in [3.8, 4) is 11.9 Å². The van der Waals surface area contributed by atoms with Crippen molar-refractivity contribution in [2.45, 2.75) is 6.54 Å². The first-order valence-electron chi connectivity index (χ1n) is 6.65. The Balaban J connectivity index is 1.82. The topological polar surface area (TPSA) is 66.5 Å². The number of nitrogens with zero attached hydrogens (tertiary/aromatic N) is 4. The van der Waals surface area contributed by atoms with Crippen molar-refractivity contribution in [1.29, 1.82) is 5.26 Å². The second kappa shape index (κ2) is 6.41. The molecule has 0 saturated carbocycles. The summed E-state index contributed by atoms with van der Waals surface area (Å²) in [5, 5.41) is 16.5. The van der Waals surface area contributed by atoms with E-state index in [1.807, 2.05) is 30.5 Å². The second-order valence-corrected chi connectivity index (χ2v) is 5.45. The van der Waals surface area contributed by atoms with Crippen molar-refractivity contribution in [1.82, 2.24) is 14.8 Å². The first-order valence-corrected chi connectivity index (χ1v) is 7.44. The molecule has 5 nitrogen and oxygen atoms in total. The Morgan fingerprint density at radius 3 is 2.86 bits per heavy atom. The van der Waals surface area contributed by atoms with Gasteiger partial charge in [0.05, 0.1) is 11.6 Å². The molecule has 0 atom stereocenters. The number of nitriles is 1. The predicted molar refractivity (Wildman–Crippen MR) is 87.5 cm³/mol. The van der Waals surface area contributed by atoms with Crippen molar-refractivity contribution in [3.05, 3.63) is 70.6 Å². The highest BCUT2D eigenvalue weighted by molar-refractivity contribution is 9.10. The number of pyridine rings is 1. The van der Waals surface area contributed by atoms with E-state index in [1.54, 1.807) is 29.2 Å². The van der Waals surface area contributed by atoms with E-state index < -0.39 is 0 Å². The van der Waals surface area contributed by atoms with E-state index in [-0.39, 0.29) is 0 Å². The van der Waals surface area contributed by atoms with E-state index in [9.17, 15) is 0 Å². The summed E-state index contributed by atoms with van der Waals surface area (Å²) in [5.41, 5.74) is 2.58. The van der Waals surface area contributed by atoms with Gasteiger partial charge in [0.1, 0.15) is 0 Å². The maximum absolute atomic E-state index is 8.89. The van der Waals surface area contributed by atoms with Crippen molar-refractivity contribution >= 4 is 21.6 Å². The number of hydrogen-bond acceptors (Lipinski definition) is 4. The number of nitrogens with one attached hydrogen (secondary N) is 1. The minimum Gasteiger partial charge on any atom is -0.380 e. The highest BCUT2D eigenvalue weighted by Crippen LogP contribution is 2.24. The summed E-state index contributed by atoms with van der Waals surface area (Å²) in [7, 11) is 0. The average molecular weight is 354 g/mol. The van der Waals surface area contributed by atoms with Crippen LogP contribution in [0.15, 0.2) is 59.5 Å². The number of hydrogen-bond donors (Lipinski definition) is 1. The molecular formula is C16H12BrN5. The van der Waals surface area contributed by atoms with E-state index >= 15 is 0 Å². The van der Waals surface area contributed by atoms with Crippen LogP contribution in [-0.2, 0) is 6.54 Å². The number of halogens is 1. The molecule has 0 aliphatic rings. The maximum Gasteiger partial charge on any atom is 0.158 e. The van der Waals surface area contributed by atoms with Gasteiger partial charge in [-0.15, -0.1) is 0 Å². The largest absolute Gasteiger partial charge is 0.380 e. The molecule has 0 amide bonds. The van der Waals surface area contributed by atoms with Crippen LogP contribution in [0.4, 0.5) is 5.69 Å². The summed E-state index contributed by atoms with van der Waals surface area (Å²) >= 11 is 3.47. The number of rotatable bonds is 4. The van der Waals surface area contributed by atoms with E-state index in [2.05, 4.69) is 37.4 Å². The lowest BCUT2D eigenvalue weighted by Crippen LogP contribution is -2.07. The van der Waals surface area contributed by atoms with E-state index in [1.165, 1.54) is 0 Å². The fourth-order valence-electron chi connectivity index (χ4n) is 2.09. The van der Waals surface area contributed by atoms with Gasteiger partial charge in [0, 0.05) is 40.9 Å². The van der Waals surface area contributed by atoms with Crippen LogP contribution in [0.5, 0.6) is 0 Å². The van der Waals surface area contributed by atoms with Crippen molar-refractivity contribution < 1.29 is 0 Å². The first-order chi connectivity index (χ1) is 10.8. The minimum atomic E-state index is 0.605. The summed E-state index contributed by atoms with van der Waals surface area (Å²) in [6, 6.07) is 13.3. The van der Waals surface area contributed by atoms with Crippen LogP contribution in [0.1, 0.15) is 11.1 Å². The van der Waals surface area contributed by atoms with Crippen LogP contribution in [0, 0.1) is 11.3 Å². The summed E-state index contributed by atoms with van der Waals surface area (Å²) < 4.78 is 2.60. The maximum atomic E-state index is 8.89. The molecule has 0 radical (unpaired) electrons. The van der Waals surface area contributed by atoms with Crippen molar-refractivity contribution in [2.75, 3.05) is 5.32 Å². The summed E-state index contributed by atoms with van der Waals surface area (Å²) in [4.78, 5) is 4.39. The minimum absolute atomic E-state index is 0.605. The monoisotopic (exact) mass is 353 g/mol. The molecule has 3 aromatic rings. The van der Waals surface area contributed by atoms with Gasteiger partial charge in [0.25, 0.3) is 0 Å². The molecule has 0 spiro atoms. The Morgan fingerprint density at radius 2 is 2.14 bits per heavy atom. The molecule has 6 heteroatoms. The molecular weight excluding hydrogens is 342 g/mol. The Kier molecular flexibility index (Phi) is 4.17. The molecule has 0 bridgehead atoms. The third-order valence-corrected chi connectivity index (χ3v) is 3.81. The zero-order valence-corrected chi connectivity index (χ0v) is 13.2. The van der Waals surface area contributed by atoms with Gasteiger partial charge in [0.15, 0.2) is 5.82 Å². The molecule has 3 rings (SSSR count). The number of benzene rings is 1. The fourth-order valence-corrected chi connectivity index (χ4v) is 2.61. The molecule has 0 aliphatic carbocycles. The van der Waals surface area contributed by atoms with Gasteiger partial charge in [-0.2, -0.15) is 10.4 Å². The highest BCUT2D eigenvalue weighted by atomic mass is 79.9. The fraction of sp³-hybridized carbons (Fsp3) is 0.0625. The lowest BCUT2D eigenvalue weighted by atomic mass is 10.2. The van der Waals surface area contributed by atoms with Gasteiger partial charge in [-0.25, -0.2) is 9.67 Å². The van der Waals surface area contributed by atoms with Crippen molar-refractivity contribution in [2.24, 2.45) is 0 Å². The van der Waals surface area contributed by atoms with E-state index in [0.29, 0.717) is 12.1 Å². The van der Waals surface area contributed by atoms with Crippen LogP contribution in [0.25, 0.3) is 5.82 Å². The van der Waals surface area contributed by atoms with Gasteiger partial charge in [0.2, 0.25) is 0 Å². The third-order valence-electron chi connectivity index (χ3n) is 3.16. The van der Waals surface area contributed by atoms with E-state index in [0.717, 1.165) is 21.5 Å². The Bertz CT molecular complexity index is 821. The van der Waals surface area contributed by atoms with Gasteiger partial charge < -0.3 is 5.32 Å². The molecule has 108 valence electrons. The van der Waals surface area contributed by atoms with Gasteiger partial charge >= 0.3 is 0 Å². The molecule has 2 heterocycles. The average Bonchev–Trinajstić information content (AvgIpc) is 3.08. The molecule has 22 heavy (non-hydrogen) atoms. The SMILES string of the molecule is N#Cc1ccc(NCc2cccnc2-n2cccn2)c(Br)c1. The molecule has 2 aromatic heterocycles. The van der Waals surface area contributed by atoms with Gasteiger partial charge in [-0.3, -0.25) is 0 Å². The van der Waals surface area contributed by atoms with Gasteiger partial charge in [-0.05, 0) is 46.3 Å². The Hall–Kier alpha value is -2.65. The van der Waals surface area contributed by atoms with Crippen LogP contribution in [0.3, 0.4) is 0 Å². The lowest BCUT2D eigenvalue weighted by molar-refractivity contribution is 0.829. The van der Waals surface area contributed by atoms with Crippen LogP contribution in [0.2, 0.25) is 0 Å². The Labute approximate surface area is 136 Å². The highest BCUT2D eigenvalue weighted by Gasteiger charge is 2.07. The zero-order chi connectivity index (χ0) is 15.4. The third kappa shape index (κ3) is 3.00. The molecule has 0 saturated heterocycles. The number of anilines is 1. The quantitative estimate of drug-likeness (QED) is 0.779. The molecule has 1 aromatic carbocycles. The molecule has 1 N–H and O–H groups in total. The number of aromatic nitrogens is 3. The van der Waals surface area contributed by atoms with Crippen molar-refractivity contribution in [3.63, 3.8) is 0 Å². The van der Waals surface area contributed by atoms with Crippen LogP contribution in [-0.4, -0.2) is 14.8 Å². The molecule has 0 aliphatic heterocycles. The zero-order valence-electron chi connectivity index (χ0n) is 11.6.